The van der Waals surface area contributed by atoms with E-state index in [4.69, 9.17) is 4.74 Å². The van der Waals surface area contributed by atoms with Gasteiger partial charge in [0.15, 0.2) is 0 Å². The third-order valence-corrected chi connectivity index (χ3v) is 5.04. The second-order valence-electron chi connectivity index (χ2n) is 7.04. The van der Waals surface area contributed by atoms with Gasteiger partial charge in [-0.05, 0) is 55.1 Å². The van der Waals surface area contributed by atoms with Gasteiger partial charge in [-0.15, -0.1) is 0 Å². The van der Waals surface area contributed by atoms with E-state index in [1.165, 1.54) is 5.56 Å². The maximum absolute atomic E-state index is 12.2. The van der Waals surface area contributed by atoms with E-state index in [0.29, 0.717) is 12.3 Å². The zero-order valence-corrected chi connectivity index (χ0v) is 15.5. The number of ether oxygens (including phenoxy) is 1. The highest BCUT2D eigenvalue weighted by Gasteiger charge is 2.19. The summed E-state index contributed by atoms with van der Waals surface area (Å²) in [5.41, 5.74) is 2.36. The summed E-state index contributed by atoms with van der Waals surface area (Å²) < 4.78 is 5.21. The molecule has 0 saturated carbocycles. The van der Waals surface area contributed by atoms with Crippen molar-refractivity contribution in [3.8, 4) is 5.75 Å². The lowest BCUT2D eigenvalue weighted by Crippen LogP contribution is -2.38. The van der Waals surface area contributed by atoms with E-state index < -0.39 is 0 Å². The maximum Gasteiger partial charge on any atom is 0.224 e. The van der Waals surface area contributed by atoms with Crippen molar-refractivity contribution in [3.05, 3.63) is 65.7 Å². The van der Waals surface area contributed by atoms with Gasteiger partial charge in [-0.1, -0.05) is 42.5 Å². The molecule has 0 radical (unpaired) electrons. The van der Waals surface area contributed by atoms with E-state index in [0.717, 1.165) is 50.3 Å². The summed E-state index contributed by atoms with van der Waals surface area (Å²) in [7, 11) is 1.64. The number of amides is 1. The summed E-state index contributed by atoms with van der Waals surface area (Å²) in [6.07, 6.45) is 2.70. The first-order valence-electron chi connectivity index (χ1n) is 9.39. The predicted molar refractivity (Wildman–Crippen MR) is 104 cm³/mol. The number of nitrogens with one attached hydrogen (secondary N) is 1. The standard InChI is InChI=1S/C22H28N2O2/c1-26-21-9-5-8-20(14-21)15-22(25)23-16-18-10-12-24(13-11-18)17-19-6-3-2-4-7-19/h2-9,14,18H,10-13,15-17H2,1H3,(H,23,25). The smallest absolute Gasteiger partial charge is 0.224 e. The largest absolute Gasteiger partial charge is 0.497 e. The highest BCUT2D eigenvalue weighted by Crippen LogP contribution is 2.18. The van der Waals surface area contributed by atoms with E-state index in [2.05, 4.69) is 40.5 Å². The molecule has 0 aliphatic carbocycles. The average molecular weight is 352 g/mol. The predicted octanol–water partition coefficient (Wildman–Crippen LogP) is 3.27. The molecule has 1 aliphatic heterocycles. The van der Waals surface area contributed by atoms with Gasteiger partial charge >= 0.3 is 0 Å². The topological polar surface area (TPSA) is 41.6 Å². The average Bonchev–Trinajstić information content (AvgIpc) is 2.68. The minimum absolute atomic E-state index is 0.0879. The summed E-state index contributed by atoms with van der Waals surface area (Å²) in [6, 6.07) is 18.3. The van der Waals surface area contributed by atoms with Crippen molar-refractivity contribution in [2.45, 2.75) is 25.8 Å². The fourth-order valence-corrected chi connectivity index (χ4v) is 3.48. The van der Waals surface area contributed by atoms with Crippen LogP contribution in [0.15, 0.2) is 54.6 Å². The molecule has 1 amide bonds. The van der Waals surface area contributed by atoms with E-state index in [-0.39, 0.29) is 5.91 Å². The molecule has 0 bridgehead atoms. The summed E-state index contributed by atoms with van der Waals surface area (Å²) in [6.45, 7) is 4.01. The molecule has 0 unspecified atom stereocenters. The first kappa shape index (κ1) is 18.5. The van der Waals surface area contributed by atoms with Crippen LogP contribution < -0.4 is 10.1 Å². The van der Waals surface area contributed by atoms with Gasteiger partial charge in [-0.25, -0.2) is 0 Å². The monoisotopic (exact) mass is 352 g/mol. The second kappa shape index (κ2) is 9.39. The minimum atomic E-state index is 0.0879. The Bertz CT molecular complexity index is 694. The van der Waals surface area contributed by atoms with Gasteiger partial charge in [0, 0.05) is 13.1 Å². The first-order chi connectivity index (χ1) is 12.7. The molecule has 4 nitrogen and oxygen atoms in total. The molecule has 1 saturated heterocycles. The molecule has 4 heteroatoms. The summed E-state index contributed by atoms with van der Waals surface area (Å²) >= 11 is 0. The lowest BCUT2D eigenvalue weighted by atomic mass is 9.96. The van der Waals surface area contributed by atoms with Crippen LogP contribution in [0.25, 0.3) is 0 Å². The second-order valence-corrected chi connectivity index (χ2v) is 7.04. The molecular formula is C22H28N2O2. The van der Waals surface area contributed by atoms with Crippen molar-refractivity contribution in [1.29, 1.82) is 0 Å². The van der Waals surface area contributed by atoms with E-state index in [1.54, 1.807) is 7.11 Å². The number of hydrogen-bond acceptors (Lipinski definition) is 3. The van der Waals surface area contributed by atoms with Crippen molar-refractivity contribution in [2.75, 3.05) is 26.7 Å². The van der Waals surface area contributed by atoms with Gasteiger partial charge in [0.2, 0.25) is 5.91 Å². The quantitative estimate of drug-likeness (QED) is 0.832. The number of carbonyl (C=O) groups excluding carboxylic acids is 1. The first-order valence-corrected chi connectivity index (χ1v) is 9.39. The van der Waals surface area contributed by atoms with Gasteiger partial charge in [-0.2, -0.15) is 0 Å². The summed E-state index contributed by atoms with van der Waals surface area (Å²) in [5.74, 6) is 1.46. The number of likely N-dealkylation sites (tertiary alicyclic amines) is 1. The Kier molecular flexibility index (Phi) is 6.67. The van der Waals surface area contributed by atoms with Gasteiger partial charge in [0.05, 0.1) is 13.5 Å². The SMILES string of the molecule is COc1cccc(CC(=O)NCC2CCN(Cc3ccccc3)CC2)c1. The van der Waals surface area contributed by atoms with Crippen LogP contribution in [0, 0.1) is 5.92 Å². The van der Waals surface area contributed by atoms with E-state index in [1.807, 2.05) is 24.3 Å². The lowest BCUT2D eigenvalue weighted by Gasteiger charge is -2.32. The number of piperidine rings is 1. The zero-order valence-electron chi connectivity index (χ0n) is 15.5. The molecule has 1 aliphatic rings. The molecule has 1 N–H and O–H groups in total. The molecule has 26 heavy (non-hydrogen) atoms. The Labute approximate surface area is 156 Å². The van der Waals surface area contributed by atoms with Gasteiger partial charge in [-0.3, -0.25) is 9.69 Å². The number of methoxy groups -OCH3 is 1. The zero-order chi connectivity index (χ0) is 18.2. The van der Waals surface area contributed by atoms with Crippen molar-refractivity contribution >= 4 is 5.91 Å². The van der Waals surface area contributed by atoms with Crippen LogP contribution in [-0.4, -0.2) is 37.6 Å². The molecule has 1 fully saturated rings. The molecule has 3 rings (SSSR count). The van der Waals surface area contributed by atoms with Crippen LogP contribution in [0.2, 0.25) is 0 Å². The molecular weight excluding hydrogens is 324 g/mol. The highest BCUT2D eigenvalue weighted by atomic mass is 16.5. The van der Waals surface area contributed by atoms with Crippen LogP contribution in [-0.2, 0) is 17.8 Å². The number of hydrogen-bond donors (Lipinski definition) is 1. The van der Waals surface area contributed by atoms with Crippen LogP contribution in [0.4, 0.5) is 0 Å². The van der Waals surface area contributed by atoms with Gasteiger partial charge in [0.1, 0.15) is 5.75 Å². The molecule has 2 aromatic carbocycles. The maximum atomic E-state index is 12.2. The fraction of sp³-hybridized carbons (Fsp3) is 0.409. The van der Waals surface area contributed by atoms with Crippen molar-refractivity contribution in [3.63, 3.8) is 0 Å². The minimum Gasteiger partial charge on any atom is -0.497 e. The van der Waals surface area contributed by atoms with Crippen LogP contribution in [0.5, 0.6) is 5.75 Å². The number of carbonyl (C=O) groups is 1. The third-order valence-electron chi connectivity index (χ3n) is 5.04. The molecule has 2 aromatic rings. The number of nitrogens with zero attached hydrogens (tertiary/aromatic N) is 1. The molecule has 138 valence electrons. The Morgan fingerprint density at radius 2 is 1.81 bits per heavy atom. The third kappa shape index (κ3) is 5.60. The van der Waals surface area contributed by atoms with Crippen LogP contribution in [0.1, 0.15) is 24.0 Å². The molecule has 0 aromatic heterocycles. The molecule has 0 spiro atoms. The fourth-order valence-electron chi connectivity index (χ4n) is 3.48. The number of rotatable bonds is 7. The molecule has 1 heterocycles. The van der Waals surface area contributed by atoms with Crippen molar-refractivity contribution < 1.29 is 9.53 Å². The van der Waals surface area contributed by atoms with Crippen molar-refractivity contribution in [1.82, 2.24) is 10.2 Å². The van der Waals surface area contributed by atoms with Gasteiger partial charge in [0.25, 0.3) is 0 Å². The lowest BCUT2D eigenvalue weighted by molar-refractivity contribution is -0.120. The Hall–Kier alpha value is -2.33. The highest BCUT2D eigenvalue weighted by molar-refractivity contribution is 5.78. The van der Waals surface area contributed by atoms with Crippen LogP contribution >= 0.6 is 0 Å². The summed E-state index contributed by atoms with van der Waals surface area (Å²) in [5, 5.41) is 3.10. The molecule has 0 atom stereocenters. The van der Waals surface area contributed by atoms with Crippen molar-refractivity contribution in [2.24, 2.45) is 5.92 Å². The Morgan fingerprint density at radius 3 is 2.54 bits per heavy atom. The van der Waals surface area contributed by atoms with E-state index >= 15 is 0 Å². The number of benzene rings is 2. The van der Waals surface area contributed by atoms with E-state index in [9.17, 15) is 4.79 Å². The summed E-state index contributed by atoms with van der Waals surface area (Å²) in [4.78, 5) is 14.7. The Morgan fingerprint density at radius 1 is 1.08 bits per heavy atom. The Balaban J connectivity index is 1.37. The van der Waals surface area contributed by atoms with Gasteiger partial charge < -0.3 is 10.1 Å². The van der Waals surface area contributed by atoms with Crippen LogP contribution in [0.3, 0.4) is 0 Å². The normalized spacial score (nSPS) is 15.6.